The predicted molar refractivity (Wildman–Crippen MR) is 83.2 cm³/mol. The molecule has 0 aliphatic carbocycles. The molecule has 0 radical (unpaired) electrons. The lowest BCUT2D eigenvalue weighted by molar-refractivity contribution is 0.0685. The number of aromatic nitrogens is 2. The van der Waals surface area contributed by atoms with E-state index >= 15 is 0 Å². The van der Waals surface area contributed by atoms with Gasteiger partial charge in [-0.2, -0.15) is 0 Å². The average Bonchev–Trinajstić information content (AvgIpc) is 2.85. The van der Waals surface area contributed by atoms with Crippen LogP contribution in [0.15, 0.2) is 53.7 Å². The van der Waals surface area contributed by atoms with Crippen LogP contribution in [-0.2, 0) is 5.75 Å². The van der Waals surface area contributed by atoms with Gasteiger partial charge >= 0.3 is 5.97 Å². The molecule has 0 spiro atoms. The van der Waals surface area contributed by atoms with E-state index in [9.17, 15) is 9.90 Å². The zero-order valence-corrected chi connectivity index (χ0v) is 12.4. The van der Waals surface area contributed by atoms with Crippen LogP contribution in [0.25, 0.3) is 5.65 Å². The summed E-state index contributed by atoms with van der Waals surface area (Å²) in [6.07, 6.45) is 1.71. The van der Waals surface area contributed by atoms with Crippen LogP contribution in [0.4, 0.5) is 0 Å². The summed E-state index contributed by atoms with van der Waals surface area (Å²) in [7, 11) is 0. The number of carboxylic acids is 1. The molecule has 0 aliphatic heterocycles. The number of carbonyl (C=O) groups is 1. The second kappa shape index (κ2) is 5.79. The van der Waals surface area contributed by atoms with Gasteiger partial charge in [-0.3, -0.25) is 4.40 Å². The first-order chi connectivity index (χ1) is 10.1. The molecule has 0 saturated carbocycles. The highest BCUT2D eigenvalue weighted by Gasteiger charge is 2.18. The lowest BCUT2D eigenvalue weighted by Crippen LogP contribution is -2.02. The van der Waals surface area contributed by atoms with Crippen molar-refractivity contribution in [3.05, 3.63) is 64.9 Å². The maximum absolute atomic E-state index is 11.5. The van der Waals surface area contributed by atoms with Crippen LogP contribution in [0, 0.1) is 0 Å². The zero-order chi connectivity index (χ0) is 14.8. The van der Waals surface area contributed by atoms with Crippen molar-refractivity contribution in [1.29, 1.82) is 0 Å². The number of nitrogens with zero attached hydrogens (tertiary/aromatic N) is 2. The molecule has 0 amide bonds. The van der Waals surface area contributed by atoms with Gasteiger partial charge < -0.3 is 5.11 Å². The zero-order valence-electron chi connectivity index (χ0n) is 10.9. The van der Waals surface area contributed by atoms with Crippen LogP contribution in [-0.4, -0.2) is 20.5 Å². The summed E-state index contributed by atoms with van der Waals surface area (Å²) in [6, 6.07) is 12.9. The second-order valence-electron chi connectivity index (χ2n) is 4.41. The molecule has 21 heavy (non-hydrogen) atoms. The van der Waals surface area contributed by atoms with Crippen LogP contribution in [0.5, 0.6) is 0 Å². The maximum atomic E-state index is 11.5. The summed E-state index contributed by atoms with van der Waals surface area (Å²) >= 11 is 7.25. The number of imidazole rings is 1. The van der Waals surface area contributed by atoms with Crippen molar-refractivity contribution in [2.45, 2.75) is 10.8 Å². The van der Waals surface area contributed by atoms with Gasteiger partial charge in [0.05, 0.1) is 0 Å². The Bertz CT molecular complexity index is 799. The fraction of sp³-hybridized carbons (Fsp3) is 0.0667. The molecule has 3 rings (SSSR count). The smallest absolute Gasteiger partial charge is 0.355 e. The van der Waals surface area contributed by atoms with Gasteiger partial charge in [0.1, 0.15) is 10.7 Å². The van der Waals surface area contributed by atoms with Gasteiger partial charge in [0.2, 0.25) is 0 Å². The number of benzene rings is 1. The van der Waals surface area contributed by atoms with Gasteiger partial charge in [-0.1, -0.05) is 41.6 Å². The molecular weight excluding hydrogens is 308 g/mol. The quantitative estimate of drug-likeness (QED) is 0.739. The molecule has 0 aliphatic rings. The summed E-state index contributed by atoms with van der Waals surface area (Å²) in [4.78, 5) is 15.8. The van der Waals surface area contributed by atoms with Crippen LogP contribution in [0.1, 0.15) is 16.1 Å². The Balaban J connectivity index is 1.91. The number of pyridine rings is 1. The van der Waals surface area contributed by atoms with Crippen LogP contribution < -0.4 is 0 Å². The molecule has 106 valence electrons. The highest BCUT2D eigenvalue weighted by atomic mass is 35.5. The minimum atomic E-state index is -0.979. The highest BCUT2D eigenvalue weighted by Crippen LogP contribution is 2.27. The summed E-state index contributed by atoms with van der Waals surface area (Å²) in [5.41, 5.74) is 1.90. The molecule has 1 N–H and O–H groups in total. The first-order valence-electron chi connectivity index (χ1n) is 6.23. The highest BCUT2D eigenvalue weighted by molar-refractivity contribution is 7.98. The standard InChI is InChI=1S/C15H11ClN2O2S/c16-11-6-4-10(5-7-11)9-21-14-13(15(19)20)18-8-2-1-3-12(18)17-14/h1-8H,9H2,(H,19,20). The fourth-order valence-corrected chi connectivity index (χ4v) is 3.10. The lowest BCUT2D eigenvalue weighted by atomic mass is 10.2. The third-order valence-corrected chi connectivity index (χ3v) is 4.28. The minimum absolute atomic E-state index is 0.199. The van der Waals surface area contributed by atoms with E-state index in [2.05, 4.69) is 4.98 Å². The summed E-state index contributed by atoms with van der Waals surface area (Å²) in [6.45, 7) is 0. The van der Waals surface area contributed by atoms with Crippen molar-refractivity contribution >= 4 is 35.0 Å². The monoisotopic (exact) mass is 318 g/mol. The Labute approximate surface area is 130 Å². The van der Waals surface area contributed by atoms with Gasteiger partial charge in [-0.15, -0.1) is 0 Å². The minimum Gasteiger partial charge on any atom is -0.476 e. The van der Waals surface area contributed by atoms with E-state index in [0.717, 1.165) is 5.56 Å². The molecule has 0 saturated heterocycles. The van der Waals surface area contributed by atoms with Crippen LogP contribution in [0.2, 0.25) is 5.02 Å². The largest absolute Gasteiger partial charge is 0.476 e. The molecule has 0 bridgehead atoms. The van der Waals surface area contributed by atoms with Gasteiger partial charge in [0.25, 0.3) is 0 Å². The Morgan fingerprint density at radius 2 is 2.00 bits per heavy atom. The number of halogens is 1. The predicted octanol–water partition coefficient (Wildman–Crippen LogP) is 3.98. The SMILES string of the molecule is O=C(O)c1c(SCc2ccc(Cl)cc2)nc2ccccn12. The molecular formula is C15H11ClN2O2S. The molecule has 0 atom stereocenters. The number of hydrogen-bond donors (Lipinski definition) is 1. The molecule has 1 aromatic carbocycles. The lowest BCUT2D eigenvalue weighted by Gasteiger charge is -2.01. The molecule has 0 unspecified atom stereocenters. The second-order valence-corrected chi connectivity index (χ2v) is 5.82. The van der Waals surface area contributed by atoms with E-state index in [4.69, 9.17) is 11.6 Å². The Hall–Kier alpha value is -1.98. The Morgan fingerprint density at radius 3 is 2.71 bits per heavy atom. The average molecular weight is 319 g/mol. The van der Waals surface area contributed by atoms with Gasteiger partial charge in [-0.25, -0.2) is 9.78 Å². The van der Waals surface area contributed by atoms with Crippen molar-refractivity contribution in [3.8, 4) is 0 Å². The van der Waals surface area contributed by atoms with E-state index in [1.54, 1.807) is 22.7 Å². The van der Waals surface area contributed by atoms with E-state index in [-0.39, 0.29) is 5.69 Å². The van der Waals surface area contributed by atoms with Crippen molar-refractivity contribution in [1.82, 2.24) is 9.38 Å². The maximum Gasteiger partial charge on any atom is 0.355 e. The van der Waals surface area contributed by atoms with Gasteiger partial charge in [0, 0.05) is 17.0 Å². The van der Waals surface area contributed by atoms with Crippen LogP contribution in [0.3, 0.4) is 0 Å². The van der Waals surface area contributed by atoms with Crippen molar-refractivity contribution < 1.29 is 9.90 Å². The number of hydrogen-bond acceptors (Lipinski definition) is 3. The summed E-state index contributed by atoms with van der Waals surface area (Å²) in [5, 5.41) is 10.6. The number of thioether (sulfide) groups is 1. The first kappa shape index (κ1) is 14.0. The normalized spacial score (nSPS) is 10.9. The van der Waals surface area contributed by atoms with E-state index in [1.165, 1.54) is 11.8 Å². The van der Waals surface area contributed by atoms with Gasteiger partial charge in [-0.05, 0) is 29.8 Å². The van der Waals surface area contributed by atoms with Crippen molar-refractivity contribution in [2.24, 2.45) is 0 Å². The van der Waals surface area contributed by atoms with Crippen molar-refractivity contribution in [3.63, 3.8) is 0 Å². The summed E-state index contributed by atoms with van der Waals surface area (Å²) in [5.74, 6) is -0.339. The number of aromatic carboxylic acids is 1. The first-order valence-corrected chi connectivity index (χ1v) is 7.59. The number of fused-ring (bicyclic) bond motifs is 1. The van der Waals surface area contributed by atoms with E-state index < -0.39 is 5.97 Å². The third-order valence-electron chi connectivity index (χ3n) is 2.99. The van der Waals surface area contributed by atoms with Crippen molar-refractivity contribution in [2.75, 3.05) is 0 Å². The summed E-state index contributed by atoms with van der Waals surface area (Å²) < 4.78 is 1.59. The van der Waals surface area contributed by atoms with Gasteiger partial charge in [0.15, 0.2) is 5.69 Å². The number of rotatable bonds is 4. The van der Waals surface area contributed by atoms with E-state index in [0.29, 0.717) is 21.4 Å². The molecule has 0 fully saturated rings. The fourth-order valence-electron chi connectivity index (χ4n) is 2.00. The third kappa shape index (κ3) is 2.89. The molecule has 2 aromatic heterocycles. The molecule has 6 heteroatoms. The number of carboxylic acid groups (broad SMARTS) is 1. The van der Waals surface area contributed by atoms with Crippen LogP contribution >= 0.6 is 23.4 Å². The molecule has 4 nitrogen and oxygen atoms in total. The van der Waals surface area contributed by atoms with E-state index in [1.807, 2.05) is 30.3 Å². The topological polar surface area (TPSA) is 54.6 Å². The molecule has 2 heterocycles. The Kier molecular flexibility index (Phi) is 3.86. The Morgan fingerprint density at radius 1 is 1.24 bits per heavy atom. The molecule has 3 aromatic rings.